The minimum Gasteiger partial charge on any atom is -0.376 e. The number of hydrogen-bond acceptors (Lipinski definition) is 6. The summed E-state index contributed by atoms with van der Waals surface area (Å²) in [6.45, 7) is 0.357. The second-order valence-electron chi connectivity index (χ2n) is 5.70. The summed E-state index contributed by atoms with van der Waals surface area (Å²) in [5, 5.41) is 20.3. The van der Waals surface area contributed by atoms with Crippen molar-refractivity contribution in [3.05, 3.63) is 82.7 Å². The summed E-state index contributed by atoms with van der Waals surface area (Å²) < 4.78 is 5.26. The van der Waals surface area contributed by atoms with E-state index in [1.54, 1.807) is 12.1 Å². The lowest BCUT2D eigenvalue weighted by Gasteiger charge is -2.07. The van der Waals surface area contributed by atoms with Crippen molar-refractivity contribution in [1.82, 2.24) is 10.1 Å². The fourth-order valence-corrected chi connectivity index (χ4v) is 2.75. The SMILES string of the molecule is O=[N+]([O-])c1cccc(-c2noc(CNc3cccc4ccccc34)n2)c1. The number of benzene rings is 3. The lowest BCUT2D eigenvalue weighted by molar-refractivity contribution is -0.384. The third-order valence-electron chi connectivity index (χ3n) is 4.00. The van der Waals surface area contributed by atoms with Crippen LogP contribution in [0.1, 0.15) is 5.89 Å². The van der Waals surface area contributed by atoms with Crippen LogP contribution in [0.4, 0.5) is 11.4 Å². The molecular formula is C19H14N4O3. The van der Waals surface area contributed by atoms with E-state index in [2.05, 4.69) is 15.5 Å². The van der Waals surface area contributed by atoms with Crippen LogP contribution in [0, 0.1) is 10.1 Å². The Morgan fingerprint density at radius 2 is 1.85 bits per heavy atom. The maximum Gasteiger partial charge on any atom is 0.270 e. The van der Waals surface area contributed by atoms with Crippen molar-refractivity contribution < 1.29 is 9.45 Å². The van der Waals surface area contributed by atoms with Crippen molar-refractivity contribution in [3.8, 4) is 11.4 Å². The van der Waals surface area contributed by atoms with Crippen molar-refractivity contribution >= 4 is 22.1 Å². The van der Waals surface area contributed by atoms with E-state index in [0.29, 0.717) is 23.8 Å². The molecule has 0 unspecified atom stereocenters. The highest BCUT2D eigenvalue weighted by atomic mass is 16.6. The van der Waals surface area contributed by atoms with Crippen molar-refractivity contribution in [2.24, 2.45) is 0 Å². The molecule has 0 aliphatic carbocycles. The molecule has 4 rings (SSSR count). The summed E-state index contributed by atoms with van der Waals surface area (Å²) in [7, 11) is 0. The van der Waals surface area contributed by atoms with Gasteiger partial charge in [-0.25, -0.2) is 0 Å². The average Bonchev–Trinajstić information content (AvgIpc) is 3.15. The molecular weight excluding hydrogens is 332 g/mol. The molecule has 0 atom stereocenters. The predicted molar refractivity (Wildman–Crippen MR) is 97.7 cm³/mol. The Kier molecular flexibility index (Phi) is 4.03. The largest absolute Gasteiger partial charge is 0.376 e. The normalized spacial score (nSPS) is 10.8. The van der Waals surface area contributed by atoms with Gasteiger partial charge in [-0.3, -0.25) is 10.1 Å². The van der Waals surface area contributed by atoms with Gasteiger partial charge in [0.15, 0.2) is 0 Å². The van der Waals surface area contributed by atoms with Crippen LogP contribution in [0.2, 0.25) is 0 Å². The molecule has 0 amide bonds. The summed E-state index contributed by atoms with van der Waals surface area (Å²) in [6, 6.07) is 20.2. The lowest BCUT2D eigenvalue weighted by Crippen LogP contribution is -2.00. The molecule has 0 aliphatic rings. The standard InChI is InChI=1S/C19H14N4O3/c24-23(25)15-8-3-7-14(11-15)19-21-18(26-22-19)12-20-17-10-4-6-13-5-1-2-9-16(13)17/h1-11,20H,12H2. The number of non-ortho nitro benzene ring substituents is 1. The van der Waals surface area contributed by atoms with Gasteiger partial charge in [-0.2, -0.15) is 4.98 Å². The van der Waals surface area contributed by atoms with Crippen LogP contribution in [0.3, 0.4) is 0 Å². The number of nitro groups is 1. The zero-order chi connectivity index (χ0) is 17.9. The van der Waals surface area contributed by atoms with E-state index >= 15 is 0 Å². The Morgan fingerprint density at radius 1 is 1.04 bits per heavy atom. The van der Waals surface area contributed by atoms with Gasteiger partial charge in [-0.05, 0) is 11.5 Å². The highest BCUT2D eigenvalue weighted by molar-refractivity contribution is 5.93. The molecule has 0 aliphatic heterocycles. The number of aromatic nitrogens is 2. The number of nitro benzene ring substituents is 1. The van der Waals surface area contributed by atoms with Gasteiger partial charge in [0.25, 0.3) is 5.69 Å². The molecule has 0 saturated carbocycles. The Labute approximate surface area is 148 Å². The number of fused-ring (bicyclic) bond motifs is 1. The summed E-state index contributed by atoms with van der Waals surface area (Å²) in [5.41, 5.74) is 1.50. The summed E-state index contributed by atoms with van der Waals surface area (Å²) in [6.07, 6.45) is 0. The first-order chi connectivity index (χ1) is 12.7. The molecule has 7 heteroatoms. The predicted octanol–water partition coefficient (Wildman–Crippen LogP) is 4.41. The molecule has 0 radical (unpaired) electrons. The quantitative estimate of drug-likeness (QED) is 0.425. The van der Waals surface area contributed by atoms with E-state index in [9.17, 15) is 10.1 Å². The van der Waals surface area contributed by atoms with Gasteiger partial charge in [0.05, 0.1) is 11.5 Å². The van der Waals surface area contributed by atoms with Crippen LogP contribution in [0.15, 0.2) is 71.3 Å². The monoisotopic (exact) mass is 346 g/mol. The van der Waals surface area contributed by atoms with E-state index in [0.717, 1.165) is 16.5 Å². The van der Waals surface area contributed by atoms with Crippen LogP contribution >= 0.6 is 0 Å². The number of nitrogens with zero attached hydrogens (tertiary/aromatic N) is 3. The van der Waals surface area contributed by atoms with E-state index in [1.165, 1.54) is 12.1 Å². The van der Waals surface area contributed by atoms with Crippen molar-refractivity contribution in [3.63, 3.8) is 0 Å². The fourth-order valence-electron chi connectivity index (χ4n) is 2.75. The molecule has 26 heavy (non-hydrogen) atoms. The van der Waals surface area contributed by atoms with Gasteiger partial charge in [0.1, 0.15) is 0 Å². The Morgan fingerprint density at radius 3 is 2.73 bits per heavy atom. The molecule has 128 valence electrons. The van der Waals surface area contributed by atoms with E-state index in [-0.39, 0.29) is 5.69 Å². The lowest BCUT2D eigenvalue weighted by atomic mass is 10.1. The smallest absolute Gasteiger partial charge is 0.270 e. The van der Waals surface area contributed by atoms with Gasteiger partial charge in [0, 0.05) is 28.8 Å². The number of hydrogen-bond donors (Lipinski definition) is 1. The maximum absolute atomic E-state index is 10.9. The molecule has 0 spiro atoms. The van der Waals surface area contributed by atoms with Crippen molar-refractivity contribution in [2.75, 3.05) is 5.32 Å². The first kappa shape index (κ1) is 15.8. The van der Waals surface area contributed by atoms with Crippen LogP contribution in [-0.4, -0.2) is 15.1 Å². The van der Waals surface area contributed by atoms with Crippen LogP contribution in [0.25, 0.3) is 22.2 Å². The fraction of sp³-hybridized carbons (Fsp3) is 0.0526. The number of anilines is 1. The van der Waals surface area contributed by atoms with Gasteiger partial charge >= 0.3 is 0 Å². The van der Waals surface area contributed by atoms with Crippen LogP contribution < -0.4 is 5.32 Å². The first-order valence-corrected chi connectivity index (χ1v) is 8.00. The van der Waals surface area contributed by atoms with Crippen molar-refractivity contribution in [1.29, 1.82) is 0 Å². The van der Waals surface area contributed by atoms with E-state index in [4.69, 9.17) is 4.52 Å². The third kappa shape index (κ3) is 3.10. The Hall–Kier alpha value is -3.74. The summed E-state index contributed by atoms with van der Waals surface area (Å²) in [4.78, 5) is 14.7. The molecule has 0 saturated heterocycles. The van der Waals surface area contributed by atoms with Crippen LogP contribution in [0.5, 0.6) is 0 Å². The van der Waals surface area contributed by atoms with Gasteiger partial charge in [-0.1, -0.05) is 53.7 Å². The van der Waals surface area contributed by atoms with E-state index in [1.807, 2.05) is 42.5 Å². The van der Waals surface area contributed by atoms with Crippen LogP contribution in [-0.2, 0) is 6.54 Å². The highest BCUT2D eigenvalue weighted by Crippen LogP contribution is 2.24. The molecule has 0 bridgehead atoms. The summed E-state index contributed by atoms with van der Waals surface area (Å²) in [5.74, 6) is 0.725. The molecule has 0 fully saturated rings. The Balaban J connectivity index is 1.54. The summed E-state index contributed by atoms with van der Waals surface area (Å²) >= 11 is 0. The zero-order valence-corrected chi connectivity index (χ0v) is 13.6. The molecule has 1 heterocycles. The van der Waals surface area contributed by atoms with Gasteiger partial charge in [0.2, 0.25) is 11.7 Å². The Bertz CT molecular complexity index is 1090. The molecule has 1 N–H and O–H groups in total. The number of rotatable bonds is 5. The third-order valence-corrected chi connectivity index (χ3v) is 4.00. The van der Waals surface area contributed by atoms with Gasteiger partial charge < -0.3 is 9.84 Å². The zero-order valence-electron chi connectivity index (χ0n) is 13.6. The molecule has 4 aromatic rings. The highest BCUT2D eigenvalue weighted by Gasteiger charge is 2.12. The second-order valence-corrected chi connectivity index (χ2v) is 5.70. The minimum absolute atomic E-state index is 0.0114. The molecule has 1 aromatic heterocycles. The van der Waals surface area contributed by atoms with Gasteiger partial charge in [-0.15, -0.1) is 0 Å². The second kappa shape index (κ2) is 6.64. The topological polar surface area (TPSA) is 94.1 Å². The number of nitrogens with one attached hydrogen (secondary N) is 1. The molecule has 3 aromatic carbocycles. The molecule has 7 nitrogen and oxygen atoms in total. The first-order valence-electron chi connectivity index (χ1n) is 8.00. The van der Waals surface area contributed by atoms with E-state index < -0.39 is 4.92 Å². The van der Waals surface area contributed by atoms with Crippen molar-refractivity contribution in [2.45, 2.75) is 6.54 Å². The maximum atomic E-state index is 10.9. The minimum atomic E-state index is -0.452. The average molecular weight is 346 g/mol.